The normalized spacial score (nSPS) is 15.6. The molecule has 0 amide bonds. The fourth-order valence-corrected chi connectivity index (χ4v) is 3.97. The predicted octanol–water partition coefficient (Wildman–Crippen LogP) is 3.00. The minimum atomic E-state index is -1.08. The number of carboxylic acid groups (broad SMARTS) is 1. The summed E-state index contributed by atoms with van der Waals surface area (Å²) in [4.78, 5) is 25.6. The number of carboxylic acids is 1. The highest BCUT2D eigenvalue weighted by Gasteiger charge is 2.32. The Kier molecular flexibility index (Phi) is 4.64. The predicted molar refractivity (Wildman–Crippen MR) is 86.5 cm³/mol. The number of carbonyl (C=O) groups excluding carboxylic acids is 1. The summed E-state index contributed by atoms with van der Waals surface area (Å²) in [6.45, 7) is 2.21. The van der Waals surface area contributed by atoms with E-state index in [-0.39, 0.29) is 11.5 Å². The molecule has 0 fully saturated rings. The minimum absolute atomic E-state index is 0.156. The highest BCUT2D eigenvalue weighted by molar-refractivity contribution is 7.14. The van der Waals surface area contributed by atoms with Crippen LogP contribution in [0.25, 0.3) is 0 Å². The molecule has 1 aliphatic heterocycles. The van der Waals surface area contributed by atoms with Gasteiger partial charge in [-0.3, -0.25) is 14.5 Å². The average Bonchev–Trinajstić information content (AvgIpc) is 2.89. The maximum atomic E-state index is 14.1. The second-order valence-electron chi connectivity index (χ2n) is 5.59. The van der Waals surface area contributed by atoms with Crippen molar-refractivity contribution in [3.05, 3.63) is 52.2 Å². The molecule has 24 heavy (non-hydrogen) atoms. The zero-order valence-electron chi connectivity index (χ0n) is 13.0. The number of hydrogen-bond acceptors (Lipinski definition) is 5. The van der Waals surface area contributed by atoms with Gasteiger partial charge in [-0.2, -0.15) is 0 Å². The maximum absolute atomic E-state index is 14.1. The van der Waals surface area contributed by atoms with E-state index < -0.39 is 17.8 Å². The lowest BCUT2D eigenvalue weighted by atomic mass is 10.0. The zero-order valence-corrected chi connectivity index (χ0v) is 13.8. The summed E-state index contributed by atoms with van der Waals surface area (Å²) in [7, 11) is 0. The van der Waals surface area contributed by atoms with Gasteiger partial charge in [0.25, 0.3) is 0 Å². The first-order chi connectivity index (χ1) is 11.5. The summed E-state index contributed by atoms with van der Waals surface area (Å²) < 4.78 is 19.2. The first-order valence-corrected chi connectivity index (χ1v) is 8.28. The van der Waals surface area contributed by atoms with Gasteiger partial charge in [0.2, 0.25) is 0 Å². The van der Waals surface area contributed by atoms with Crippen LogP contribution in [0.3, 0.4) is 0 Å². The van der Waals surface area contributed by atoms with E-state index >= 15 is 0 Å². The van der Waals surface area contributed by atoms with Gasteiger partial charge in [0.1, 0.15) is 11.9 Å². The van der Waals surface area contributed by atoms with Crippen molar-refractivity contribution in [2.75, 3.05) is 6.54 Å². The summed E-state index contributed by atoms with van der Waals surface area (Å²) in [5.41, 5.74) is 1.08. The van der Waals surface area contributed by atoms with Crippen molar-refractivity contribution in [2.24, 2.45) is 0 Å². The van der Waals surface area contributed by atoms with Crippen molar-refractivity contribution in [1.82, 2.24) is 4.90 Å². The Labute approximate surface area is 142 Å². The summed E-state index contributed by atoms with van der Waals surface area (Å²) in [5.74, 6) is -2.00. The summed E-state index contributed by atoms with van der Waals surface area (Å²) >= 11 is 1.39. The van der Waals surface area contributed by atoms with Crippen LogP contribution in [0.2, 0.25) is 0 Å². The molecular formula is C17H16FNO4S. The number of hydrogen-bond donors (Lipinski definition) is 1. The molecule has 0 unspecified atom stereocenters. The van der Waals surface area contributed by atoms with Crippen LogP contribution in [0.5, 0.6) is 5.06 Å². The van der Waals surface area contributed by atoms with Gasteiger partial charge in [0.05, 0.1) is 0 Å². The van der Waals surface area contributed by atoms with Crippen LogP contribution in [0, 0.1) is 5.82 Å². The molecule has 0 radical (unpaired) electrons. The van der Waals surface area contributed by atoms with Crippen molar-refractivity contribution in [3.8, 4) is 5.06 Å². The number of thiophene rings is 1. The molecule has 1 atom stereocenters. The number of rotatable bonds is 4. The summed E-state index contributed by atoms with van der Waals surface area (Å²) in [6.07, 6.45) is 0.638. The molecule has 5 nitrogen and oxygen atoms in total. The standard InChI is InChI=1S/C17H16FNO4S/c1-10(20)23-15-8-11-9-19(7-6-14(11)24-15)16(17(21)22)12-4-2-3-5-13(12)18/h2-5,8,16H,6-7,9H2,1H3,(H,21,22)/t16-/m0/s1. The Hall–Kier alpha value is -2.25. The number of ether oxygens (including phenoxy) is 1. The lowest BCUT2D eigenvalue weighted by molar-refractivity contribution is -0.144. The lowest BCUT2D eigenvalue weighted by Gasteiger charge is -2.32. The van der Waals surface area contributed by atoms with E-state index in [1.54, 1.807) is 17.0 Å². The van der Waals surface area contributed by atoms with Gasteiger partial charge in [0, 0.05) is 30.5 Å². The van der Waals surface area contributed by atoms with Crippen LogP contribution < -0.4 is 4.74 Å². The third-order valence-electron chi connectivity index (χ3n) is 3.92. The number of carbonyl (C=O) groups is 2. The van der Waals surface area contributed by atoms with Crippen molar-refractivity contribution in [2.45, 2.75) is 25.9 Å². The van der Waals surface area contributed by atoms with Crippen molar-refractivity contribution < 1.29 is 23.8 Å². The summed E-state index contributed by atoms with van der Waals surface area (Å²) in [5, 5.41) is 10.1. The smallest absolute Gasteiger partial charge is 0.325 e. The van der Waals surface area contributed by atoms with Crippen LogP contribution in [0.4, 0.5) is 4.39 Å². The van der Waals surface area contributed by atoms with Crippen molar-refractivity contribution >= 4 is 23.3 Å². The molecule has 1 N–H and O–H groups in total. The molecular weight excluding hydrogens is 333 g/mol. The van der Waals surface area contributed by atoms with Crippen LogP contribution in [-0.4, -0.2) is 28.5 Å². The van der Waals surface area contributed by atoms with E-state index in [9.17, 15) is 19.1 Å². The quantitative estimate of drug-likeness (QED) is 0.860. The number of benzene rings is 1. The second kappa shape index (κ2) is 6.70. The SMILES string of the molecule is CC(=O)Oc1cc2c(s1)CCN([C@H](C(=O)O)c1ccccc1F)C2. The highest BCUT2D eigenvalue weighted by Crippen LogP contribution is 2.36. The fourth-order valence-electron chi connectivity index (χ4n) is 2.92. The number of esters is 1. The van der Waals surface area contributed by atoms with Gasteiger partial charge < -0.3 is 9.84 Å². The third kappa shape index (κ3) is 3.32. The number of nitrogens with zero attached hydrogens (tertiary/aromatic N) is 1. The van der Waals surface area contributed by atoms with Gasteiger partial charge >= 0.3 is 11.9 Å². The Morgan fingerprint density at radius 1 is 1.38 bits per heavy atom. The molecule has 2 heterocycles. The fraction of sp³-hybridized carbons (Fsp3) is 0.294. The first-order valence-electron chi connectivity index (χ1n) is 7.47. The molecule has 3 rings (SSSR count). The van der Waals surface area contributed by atoms with Gasteiger partial charge in [-0.15, -0.1) is 11.3 Å². The first kappa shape index (κ1) is 16.6. The van der Waals surface area contributed by atoms with Gasteiger partial charge in [0.15, 0.2) is 5.06 Å². The molecule has 0 spiro atoms. The van der Waals surface area contributed by atoms with Crippen LogP contribution in [-0.2, 0) is 22.6 Å². The van der Waals surface area contributed by atoms with E-state index in [1.807, 2.05) is 0 Å². The molecule has 0 aliphatic carbocycles. The Balaban J connectivity index is 1.87. The van der Waals surface area contributed by atoms with E-state index in [0.29, 0.717) is 24.6 Å². The highest BCUT2D eigenvalue weighted by atomic mass is 32.1. The third-order valence-corrected chi connectivity index (χ3v) is 5.03. The zero-order chi connectivity index (χ0) is 17.3. The monoisotopic (exact) mass is 349 g/mol. The van der Waals surface area contributed by atoms with Crippen LogP contribution >= 0.6 is 11.3 Å². The number of fused-ring (bicyclic) bond motifs is 1. The number of aliphatic carboxylic acids is 1. The molecule has 1 aliphatic rings. The second-order valence-corrected chi connectivity index (χ2v) is 6.69. The van der Waals surface area contributed by atoms with E-state index in [0.717, 1.165) is 10.4 Å². The van der Waals surface area contributed by atoms with Gasteiger partial charge in [-0.05, 0) is 24.1 Å². The molecule has 126 valence electrons. The Morgan fingerprint density at radius 3 is 2.79 bits per heavy atom. The average molecular weight is 349 g/mol. The Morgan fingerprint density at radius 2 is 2.12 bits per heavy atom. The van der Waals surface area contributed by atoms with E-state index in [1.165, 1.54) is 36.5 Å². The molecule has 1 aromatic carbocycles. The summed E-state index contributed by atoms with van der Waals surface area (Å²) in [6, 6.07) is 6.65. The van der Waals surface area contributed by atoms with Gasteiger partial charge in [-0.1, -0.05) is 18.2 Å². The molecule has 1 aromatic heterocycles. The lowest BCUT2D eigenvalue weighted by Crippen LogP contribution is -2.38. The van der Waals surface area contributed by atoms with E-state index in [4.69, 9.17) is 4.74 Å². The van der Waals surface area contributed by atoms with Gasteiger partial charge in [-0.25, -0.2) is 4.39 Å². The van der Waals surface area contributed by atoms with Crippen molar-refractivity contribution in [3.63, 3.8) is 0 Å². The number of halogens is 1. The molecule has 2 aromatic rings. The van der Waals surface area contributed by atoms with Crippen molar-refractivity contribution in [1.29, 1.82) is 0 Å². The molecule has 7 heteroatoms. The van der Waals surface area contributed by atoms with Crippen LogP contribution in [0.15, 0.2) is 30.3 Å². The van der Waals surface area contributed by atoms with Crippen LogP contribution in [0.1, 0.15) is 29.0 Å². The Bertz CT molecular complexity index is 789. The topological polar surface area (TPSA) is 66.8 Å². The molecule has 0 bridgehead atoms. The molecule has 0 saturated heterocycles. The van der Waals surface area contributed by atoms with E-state index in [2.05, 4.69) is 0 Å². The largest absolute Gasteiger partial charge is 0.480 e. The minimum Gasteiger partial charge on any atom is -0.480 e. The maximum Gasteiger partial charge on any atom is 0.325 e. The molecule has 0 saturated carbocycles.